The van der Waals surface area contributed by atoms with Crippen molar-refractivity contribution < 1.29 is 9.59 Å². The zero-order valence-corrected chi connectivity index (χ0v) is 18.2. The molecule has 1 saturated heterocycles. The van der Waals surface area contributed by atoms with Gasteiger partial charge in [-0.15, -0.1) is 0 Å². The van der Waals surface area contributed by atoms with Crippen LogP contribution in [0.3, 0.4) is 0 Å². The van der Waals surface area contributed by atoms with E-state index in [4.69, 9.17) is 0 Å². The summed E-state index contributed by atoms with van der Waals surface area (Å²) < 4.78 is 0. The number of thioether (sulfide) groups is 1. The lowest BCUT2D eigenvalue weighted by molar-refractivity contribution is -0.115. The van der Waals surface area contributed by atoms with Gasteiger partial charge in [-0.3, -0.25) is 14.9 Å². The van der Waals surface area contributed by atoms with Crippen molar-refractivity contribution in [3.63, 3.8) is 0 Å². The highest BCUT2D eigenvalue weighted by Crippen LogP contribution is 2.27. The molecule has 1 saturated carbocycles. The molecule has 0 atom stereocenters. The molecule has 2 heterocycles. The van der Waals surface area contributed by atoms with Crippen LogP contribution in [-0.2, 0) is 11.2 Å². The minimum atomic E-state index is -0.376. The van der Waals surface area contributed by atoms with Crippen molar-refractivity contribution in [3.05, 3.63) is 58.8 Å². The van der Waals surface area contributed by atoms with Gasteiger partial charge in [-0.25, -0.2) is 9.97 Å². The van der Waals surface area contributed by atoms with E-state index in [9.17, 15) is 9.59 Å². The fourth-order valence-corrected chi connectivity index (χ4v) is 4.62. The van der Waals surface area contributed by atoms with Gasteiger partial charge in [0.25, 0.3) is 11.1 Å². The van der Waals surface area contributed by atoms with Crippen LogP contribution in [0.2, 0.25) is 0 Å². The summed E-state index contributed by atoms with van der Waals surface area (Å²) in [5, 5.41) is 8.93. The molecule has 4 rings (SSSR count). The van der Waals surface area contributed by atoms with Crippen molar-refractivity contribution in [1.82, 2.24) is 20.6 Å². The van der Waals surface area contributed by atoms with Gasteiger partial charge in [0.05, 0.1) is 10.6 Å². The molecule has 2 amide bonds. The molecular formula is C23H27N5O2S. The number of hydrogen-bond donors (Lipinski definition) is 3. The number of carbonyl (C=O) groups is 2. The van der Waals surface area contributed by atoms with Crippen molar-refractivity contribution in [3.8, 4) is 0 Å². The number of amides is 2. The normalized spacial score (nSPS) is 22.5. The average molecular weight is 438 g/mol. The topological polar surface area (TPSA) is 96.0 Å². The van der Waals surface area contributed by atoms with Gasteiger partial charge in [0.1, 0.15) is 0 Å². The maximum Gasteiger partial charge on any atom is 0.290 e. The maximum atomic E-state index is 11.7. The summed E-state index contributed by atoms with van der Waals surface area (Å²) in [6, 6.07) is 12.7. The predicted molar refractivity (Wildman–Crippen MR) is 124 cm³/mol. The summed E-state index contributed by atoms with van der Waals surface area (Å²) in [7, 11) is 0. The zero-order chi connectivity index (χ0) is 21.5. The lowest BCUT2D eigenvalue weighted by Gasteiger charge is -2.29. The molecule has 0 unspecified atom stereocenters. The Hall–Kier alpha value is -2.71. The smallest absolute Gasteiger partial charge is 0.290 e. The van der Waals surface area contributed by atoms with E-state index in [0.717, 1.165) is 44.1 Å². The second-order valence-electron chi connectivity index (χ2n) is 7.96. The van der Waals surface area contributed by atoms with Crippen LogP contribution in [0.4, 0.5) is 10.7 Å². The molecule has 2 aliphatic rings. The number of carbonyl (C=O) groups excluding carboxylic acids is 2. The van der Waals surface area contributed by atoms with Gasteiger partial charge in [-0.2, -0.15) is 0 Å². The predicted octanol–water partition coefficient (Wildman–Crippen LogP) is 3.60. The molecule has 2 fully saturated rings. The molecule has 31 heavy (non-hydrogen) atoms. The summed E-state index contributed by atoms with van der Waals surface area (Å²) >= 11 is 0.892. The van der Waals surface area contributed by atoms with E-state index in [1.807, 2.05) is 0 Å². The van der Waals surface area contributed by atoms with Crippen LogP contribution in [0, 0.1) is 5.92 Å². The number of nitrogens with zero attached hydrogens (tertiary/aromatic N) is 2. The molecule has 0 radical (unpaired) electrons. The van der Waals surface area contributed by atoms with Crippen LogP contribution in [-0.4, -0.2) is 40.2 Å². The SMILES string of the molecule is O=C1NC(=O)C(=Cc2ccnc(NC3CCC(CNCCc4ccccc4)CC3)n2)S1. The van der Waals surface area contributed by atoms with Gasteiger partial charge in [-0.1, -0.05) is 30.3 Å². The van der Waals surface area contributed by atoms with Gasteiger partial charge >= 0.3 is 0 Å². The first-order valence-electron chi connectivity index (χ1n) is 10.7. The molecule has 1 aliphatic heterocycles. The zero-order valence-electron chi connectivity index (χ0n) is 17.3. The Labute approximate surface area is 186 Å². The highest BCUT2D eigenvalue weighted by Gasteiger charge is 2.25. The fourth-order valence-electron chi connectivity index (χ4n) is 3.96. The molecule has 0 bridgehead atoms. The second kappa shape index (κ2) is 10.5. The first kappa shape index (κ1) is 21.5. The molecule has 0 spiro atoms. The Bertz CT molecular complexity index is 942. The quantitative estimate of drug-likeness (QED) is 0.429. The van der Waals surface area contributed by atoms with Gasteiger partial charge in [0, 0.05) is 12.2 Å². The van der Waals surface area contributed by atoms with E-state index in [-0.39, 0.29) is 11.1 Å². The van der Waals surface area contributed by atoms with Gasteiger partial charge < -0.3 is 10.6 Å². The Morgan fingerprint density at radius 3 is 2.65 bits per heavy atom. The van der Waals surface area contributed by atoms with E-state index in [1.54, 1.807) is 18.3 Å². The molecule has 7 nitrogen and oxygen atoms in total. The number of nitrogens with one attached hydrogen (secondary N) is 3. The number of imide groups is 1. The van der Waals surface area contributed by atoms with Gasteiger partial charge in [-0.05, 0) is 80.6 Å². The minimum absolute atomic E-state index is 0.352. The maximum absolute atomic E-state index is 11.7. The number of anilines is 1. The Balaban J connectivity index is 1.20. The van der Waals surface area contributed by atoms with Crippen LogP contribution in [0.1, 0.15) is 36.9 Å². The first-order chi connectivity index (χ1) is 15.2. The van der Waals surface area contributed by atoms with Crippen LogP contribution in [0.15, 0.2) is 47.5 Å². The Morgan fingerprint density at radius 1 is 1.10 bits per heavy atom. The molecule has 162 valence electrons. The largest absolute Gasteiger partial charge is 0.351 e. The van der Waals surface area contributed by atoms with E-state index >= 15 is 0 Å². The number of hydrogen-bond acceptors (Lipinski definition) is 7. The van der Waals surface area contributed by atoms with E-state index < -0.39 is 0 Å². The van der Waals surface area contributed by atoms with Crippen LogP contribution in [0.25, 0.3) is 6.08 Å². The van der Waals surface area contributed by atoms with Crippen molar-refractivity contribution >= 4 is 34.9 Å². The minimum Gasteiger partial charge on any atom is -0.351 e. The molecular weight excluding hydrogens is 410 g/mol. The summed E-state index contributed by atoms with van der Waals surface area (Å²) in [5.74, 6) is 0.897. The molecule has 3 N–H and O–H groups in total. The summed E-state index contributed by atoms with van der Waals surface area (Å²) in [5.41, 5.74) is 1.99. The average Bonchev–Trinajstić information content (AvgIpc) is 3.10. The van der Waals surface area contributed by atoms with Crippen molar-refractivity contribution in [2.24, 2.45) is 5.92 Å². The molecule has 2 aromatic rings. The molecule has 1 aromatic carbocycles. The Kier molecular flexibility index (Phi) is 7.32. The van der Waals surface area contributed by atoms with E-state index in [1.165, 1.54) is 18.4 Å². The van der Waals surface area contributed by atoms with Crippen LogP contribution >= 0.6 is 11.8 Å². The third-order valence-electron chi connectivity index (χ3n) is 5.64. The monoisotopic (exact) mass is 437 g/mol. The first-order valence-corrected chi connectivity index (χ1v) is 11.6. The van der Waals surface area contributed by atoms with Gasteiger partial charge in [0.2, 0.25) is 5.95 Å². The fraction of sp³-hybridized carbons (Fsp3) is 0.391. The van der Waals surface area contributed by atoms with Crippen LogP contribution < -0.4 is 16.0 Å². The van der Waals surface area contributed by atoms with Crippen molar-refractivity contribution in [2.75, 3.05) is 18.4 Å². The molecule has 1 aliphatic carbocycles. The molecule has 8 heteroatoms. The Morgan fingerprint density at radius 2 is 1.90 bits per heavy atom. The third-order valence-corrected chi connectivity index (χ3v) is 6.46. The number of benzene rings is 1. The van der Waals surface area contributed by atoms with E-state index in [0.29, 0.717) is 28.5 Å². The highest BCUT2D eigenvalue weighted by molar-refractivity contribution is 8.18. The number of aromatic nitrogens is 2. The van der Waals surface area contributed by atoms with Crippen molar-refractivity contribution in [2.45, 2.75) is 38.1 Å². The highest BCUT2D eigenvalue weighted by atomic mass is 32.2. The number of rotatable bonds is 8. The lowest BCUT2D eigenvalue weighted by atomic mass is 9.86. The summed E-state index contributed by atoms with van der Waals surface area (Å²) in [4.78, 5) is 32.2. The van der Waals surface area contributed by atoms with Gasteiger partial charge in [0.15, 0.2) is 0 Å². The van der Waals surface area contributed by atoms with Crippen LogP contribution in [0.5, 0.6) is 0 Å². The third kappa shape index (κ3) is 6.38. The van der Waals surface area contributed by atoms with E-state index in [2.05, 4.69) is 56.3 Å². The van der Waals surface area contributed by atoms with Crippen molar-refractivity contribution in [1.29, 1.82) is 0 Å². The second-order valence-corrected chi connectivity index (χ2v) is 8.97. The summed E-state index contributed by atoms with van der Waals surface area (Å²) in [6.07, 6.45) is 8.89. The molecule has 1 aromatic heterocycles. The lowest BCUT2D eigenvalue weighted by Crippen LogP contribution is -2.32. The standard InChI is InChI=1S/C23H27N5O2S/c29-21-20(31-23(30)28-21)14-19-11-13-25-22(27-19)26-18-8-6-17(7-9-18)15-24-12-10-16-4-2-1-3-5-16/h1-5,11,13-14,17-18,24H,6-10,12,15H2,(H,25,26,27)(H,28,29,30). The summed E-state index contributed by atoms with van der Waals surface area (Å²) in [6.45, 7) is 2.08.